The lowest BCUT2D eigenvalue weighted by Crippen LogP contribution is -2.06. The molecule has 0 fully saturated rings. The molecule has 2 N–H and O–H groups in total. The summed E-state index contributed by atoms with van der Waals surface area (Å²) in [6.45, 7) is 2.21. The summed E-state index contributed by atoms with van der Waals surface area (Å²) in [5.74, 6) is 0.394. The van der Waals surface area contributed by atoms with E-state index in [0.29, 0.717) is 6.42 Å². The summed E-state index contributed by atoms with van der Waals surface area (Å²) < 4.78 is 4.81. The lowest BCUT2D eigenvalue weighted by atomic mass is 10.0. The minimum Gasteiger partial charge on any atom is -0.508 e. The Morgan fingerprint density at radius 1 is 1.42 bits per heavy atom. The van der Waals surface area contributed by atoms with Crippen molar-refractivity contribution in [2.75, 3.05) is 13.7 Å². The SMILES string of the molecule is COCC(=O)CCCc1c(C)[nH]c2ccc(O)cc12. The van der Waals surface area contributed by atoms with Gasteiger partial charge in [-0.2, -0.15) is 0 Å². The summed E-state index contributed by atoms with van der Waals surface area (Å²) in [6, 6.07) is 5.31. The number of H-pyrrole nitrogens is 1. The van der Waals surface area contributed by atoms with Gasteiger partial charge in [-0.3, -0.25) is 4.79 Å². The number of carbonyl (C=O) groups is 1. The number of aromatic nitrogens is 1. The molecule has 0 radical (unpaired) electrons. The molecular formula is C15H19NO3. The van der Waals surface area contributed by atoms with Crippen molar-refractivity contribution >= 4 is 16.7 Å². The number of aromatic amines is 1. The lowest BCUT2D eigenvalue weighted by molar-refractivity contribution is -0.122. The molecule has 0 atom stereocenters. The molecule has 102 valence electrons. The normalized spacial score (nSPS) is 11.1. The highest BCUT2D eigenvalue weighted by Crippen LogP contribution is 2.27. The molecule has 1 aromatic carbocycles. The van der Waals surface area contributed by atoms with Crippen LogP contribution in [0.5, 0.6) is 5.75 Å². The van der Waals surface area contributed by atoms with Gasteiger partial charge in [0.05, 0.1) is 0 Å². The third-order valence-electron chi connectivity index (χ3n) is 3.29. The van der Waals surface area contributed by atoms with Crippen LogP contribution in [0.25, 0.3) is 10.9 Å². The van der Waals surface area contributed by atoms with Gasteiger partial charge in [0.15, 0.2) is 5.78 Å². The molecule has 0 spiro atoms. The maximum Gasteiger partial charge on any atom is 0.158 e. The van der Waals surface area contributed by atoms with Crippen LogP contribution in [0.1, 0.15) is 24.1 Å². The largest absolute Gasteiger partial charge is 0.508 e. The second-order valence-electron chi connectivity index (χ2n) is 4.78. The maximum absolute atomic E-state index is 11.4. The van der Waals surface area contributed by atoms with Crippen LogP contribution in [0.3, 0.4) is 0 Å². The molecule has 0 aliphatic carbocycles. The van der Waals surface area contributed by atoms with Crippen molar-refractivity contribution < 1.29 is 14.6 Å². The number of ketones is 1. The monoisotopic (exact) mass is 261 g/mol. The summed E-state index contributed by atoms with van der Waals surface area (Å²) in [7, 11) is 1.53. The zero-order valence-electron chi connectivity index (χ0n) is 11.3. The number of phenolic OH excluding ortho intramolecular Hbond substituents is 1. The highest BCUT2D eigenvalue weighted by atomic mass is 16.5. The molecule has 0 saturated heterocycles. The Labute approximate surface area is 112 Å². The number of hydrogen-bond acceptors (Lipinski definition) is 3. The van der Waals surface area contributed by atoms with E-state index in [1.807, 2.05) is 13.0 Å². The molecule has 4 nitrogen and oxygen atoms in total. The summed E-state index contributed by atoms with van der Waals surface area (Å²) in [6.07, 6.45) is 2.15. The fourth-order valence-corrected chi connectivity index (χ4v) is 2.39. The summed E-state index contributed by atoms with van der Waals surface area (Å²) in [4.78, 5) is 14.7. The number of phenols is 1. The van der Waals surface area contributed by atoms with Crippen molar-refractivity contribution in [3.8, 4) is 5.75 Å². The summed E-state index contributed by atoms with van der Waals surface area (Å²) >= 11 is 0. The molecule has 0 aliphatic rings. The van der Waals surface area contributed by atoms with Crippen molar-refractivity contribution in [3.05, 3.63) is 29.5 Å². The third kappa shape index (κ3) is 3.15. The summed E-state index contributed by atoms with van der Waals surface area (Å²) in [5.41, 5.74) is 3.30. The van der Waals surface area contributed by atoms with Crippen molar-refractivity contribution in [2.45, 2.75) is 26.2 Å². The molecule has 2 aromatic rings. The van der Waals surface area contributed by atoms with Crippen LogP contribution in [0.4, 0.5) is 0 Å². The first-order valence-corrected chi connectivity index (χ1v) is 6.42. The van der Waals surface area contributed by atoms with Crippen molar-refractivity contribution in [1.29, 1.82) is 0 Å². The number of nitrogens with one attached hydrogen (secondary N) is 1. The van der Waals surface area contributed by atoms with E-state index in [-0.39, 0.29) is 18.1 Å². The smallest absolute Gasteiger partial charge is 0.158 e. The van der Waals surface area contributed by atoms with Gasteiger partial charge in [0, 0.05) is 30.1 Å². The Bertz CT molecular complexity index is 586. The predicted octanol–water partition coefficient (Wildman–Crippen LogP) is 2.72. The van der Waals surface area contributed by atoms with Crippen molar-refractivity contribution in [1.82, 2.24) is 4.98 Å². The van der Waals surface area contributed by atoms with Gasteiger partial charge < -0.3 is 14.8 Å². The Hall–Kier alpha value is -1.81. The highest BCUT2D eigenvalue weighted by molar-refractivity contribution is 5.86. The van der Waals surface area contributed by atoms with Crippen LogP contribution >= 0.6 is 0 Å². The number of benzene rings is 1. The Morgan fingerprint density at radius 2 is 2.21 bits per heavy atom. The number of Topliss-reactive ketones (excluding diaryl/α,β-unsaturated/α-hetero) is 1. The average Bonchev–Trinajstić information content (AvgIpc) is 2.66. The molecule has 4 heteroatoms. The Balaban J connectivity index is 2.09. The fraction of sp³-hybridized carbons (Fsp3) is 0.400. The van der Waals surface area contributed by atoms with E-state index in [0.717, 1.165) is 29.4 Å². The lowest BCUT2D eigenvalue weighted by Gasteiger charge is -2.02. The minimum absolute atomic E-state index is 0.128. The number of rotatable bonds is 6. The first kappa shape index (κ1) is 13.6. The van der Waals surface area contributed by atoms with Crippen molar-refractivity contribution in [3.63, 3.8) is 0 Å². The first-order valence-electron chi connectivity index (χ1n) is 6.42. The molecule has 0 saturated carbocycles. The number of carbonyl (C=O) groups excluding carboxylic acids is 1. The van der Waals surface area contributed by atoms with E-state index in [4.69, 9.17) is 4.74 Å². The molecule has 1 aromatic heterocycles. The number of aromatic hydroxyl groups is 1. The van der Waals surface area contributed by atoms with Crippen LogP contribution in [0, 0.1) is 6.92 Å². The molecule has 0 aliphatic heterocycles. The van der Waals surface area contributed by atoms with Crippen LogP contribution in [-0.4, -0.2) is 29.6 Å². The van der Waals surface area contributed by atoms with Crippen LogP contribution in [0.2, 0.25) is 0 Å². The quantitative estimate of drug-likeness (QED) is 0.840. The zero-order chi connectivity index (χ0) is 13.8. The Morgan fingerprint density at radius 3 is 2.95 bits per heavy atom. The van der Waals surface area contributed by atoms with Gasteiger partial charge in [-0.15, -0.1) is 0 Å². The van der Waals surface area contributed by atoms with E-state index in [2.05, 4.69) is 4.98 Å². The molecule has 2 rings (SSSR count). The van der Waals surface area contributed by atoms with E-state index in [1.165, 1.54) is 12.7 Å². The first-order chi connectivity index (χ1) is 9.11. The van der Waals surface area contributed by atoms with Crippen LogP contribution < -0.4 is 0 Å². The van der Waals surface area contributed by atoms with Crippen LogP contribution in [0.15, 0.2) is 18.2 Å². The maximum atomic E-state index is 11.4. The average molecular weight is 261 g/mol. The van der Waals surface area contributed by atoms with Gasteiger partial charge in [0.2, 0.25) is 0 Å². The zero-order valence-corrected chi connectivity index (χ0v) is 11.3. The number of methoxy groups -OCH3 is 1. The highest BCUT2D eigenvalue weighted by Gasteiger charge is 2.10. The number of aryl methyl sites for hydroxylation is 2. The van der Waals surface area contributed by atoms with Gasteiger partial charge in [0.25, 0.3) is 0 Å². The Kier molecular flexibility index (Phi) is 4.22. The van der Waals surface area contributed by atoms with Crippen LogP contribution in [-0.2, 0) is 16.0 Å². The third-order valence-corrected chi connectivity index (χ3v) is 3.29. The van der Waals surface area contributed by atoms with Gasteiger partial charge in [-0.25, -0.2) is 0 Å². The van der Waals surface area contributed by atoms with Crippen molar-refractivity contribution in [2.24, 2.45) is 0 Å². The van der Waals surface area contributed by atoms with Gasteiger partial charge in [-0.05, 0) is 43.5 Å². The van der Waals surface area contributed by atoms with E-state index >= 15 is 0 Å². The fourth-order valence-electron chi connectivity index (χ4n) is 2.39. The van der Waals surface area contributed by atoms with E-state index < -0.39 is 0 Å². The molecule has 1 heterocycles. The standard InChI is InChI=1S/C15H19NO3/c1-10-13(5-3-4-12(18)9-19-2)14-8-11(17)6-7-15(14)16-10/h6-8,16-17H,3-5,9H2,1-2H3. The summed E-state index contributed by atoms with van der Waals surface area (Å²) in [5, 5.41) is 10.6. The number of ether oxygens (including phenoxy) is 1. The van der Waals surface area contributed by atoms with E-state index in [9.17, 15) is 9.90 Å². The predicted molar refractivity (Wildman–Crippen MR) is 74.5 cm³/mol. The molecule has 19 heavy (non-hydrogen) atoms. The van der Waals surface area contributed by atoms with Gasteiger partial charge in [0.1, 0.15) is 12.4 Å². The topological polar surface area (TPSA) is 62.3 Å². The molecule has 0 amide bonds. The molecular weight excluding hydrogens is 242 g/mol. The second kappa shape index (κ2) is 5.89. The number of fused-ring (bicyclic) bond motifs is 1. The van der Waals surface area contributed by atoms with Gasteiger partial charge in [-0.1, -0.05) is 0 Å². The minimum atomic E-state index is 0.128. The van der Waals surface area contributed by atoms with E-state index in [1.54, 1.807) is 12.1 Å². The van der Waals surface area contributed by atoms with Gasteiger partial charge >= 0.3 is 0 Å². The number of hydrogen-bond donors (Lipinski definition) is 2. The molecule has 0 unspecified atom stereocenters. The molecule has 0 bridgehead atoms. The second-order valence-corrected chi connectivity index (χ2v) is 4.78.